The van der Waals surface area contributed by atoms with Crippen molar-refractivity contribution in [2.24, 2.45) is 5.92 Å². The molecule has 0 saturated heterocycles. The SMILES string of the molecule is Cc1cccc(C2Nc3c(C(=O)NC4CCCCC4)cccc3C3C=CCC32)c1. The highest BCUT2D eigenvalue weighted by Crippen LogP contribution is 2.50. The molecule has 0 aromatic heterocycles. The summed E-state index contributed by atoms with van der Waals surface area (Å²) in [6.45, 7) is 2.15. The monoisotopic (exact) mass is 386 g/mol. The summed E-state index contributed by atoms with van der Waals surface area (Å²) in [5.41, 5.74) is 5.69. The van der Waals surface area contributed by atoms with Crippen molar-refractivity contribution in [2.45, 2.75) is 63.5 Å². The molecule has 5 rings (SSSR count). The smallest absolute Gasteiger partial charge is 0.253 e. The highest BCUT2D eigenvalue weighted by molar-refractivity contribution is 6.01. The van der Waals surface area contributed by atoms with E-state index in [1.54, 1.807) is 0 Å². The average molecular weight is 387 g/mol. The predicted octanol–water partition coefficient (Wildman–Crippen LogP) is 5.88. The first-order valence-corrected chi connectivity index (χ1v) is 11.1. The Hall–Kier alpha value is -2.55. The van der Waals surface area contributed by atoms with Gasteiger partial charge in [-0.15, -0.1) is 0 Å². The second kappa shape index (κ2) is 7.70. The molecular weight excluding hydrogens is 356 g/mol. The zero-order valence-electron chi connectivity index (χ0n) is 17.2. The molecule has 2 aromatic carbocycles. The first kappa shape index (κ1) is 18.5. The van der Waals surface area contributed by atoms with Crippen LogP contribution in [0.3, 0.4) is 0 Å². The molecule has 2 aliphatic carbocycles. The number of carbonyl (C=O) groups excluding carboxylic acids is 1. The summed E-state index contributed by atoms with van der Waals surface area (Å²) in [5.74, 6) is 0.949. The zero-order valence-corrected chi connectivity index (χ0v) is 17.2. The maximum atomic E-state index is 13.2. The van der Waals surface area contributed by atoms with Gasteiger partial charge in [0.15, 0.2) is 0 Å². The van der Waals surface area contributed by atoms with Gasteiger partial charge >= 0.3 is 0 Å². The Morgan fingerprint density at radius 2 is 1.90 bits per heavy atom. The van der Waals surface area contributed by atoms with Crippen LogP contribution in [0, 0.1) is 12.8 Å². The van der Waals surface area contributed by atoms with Crippen LogP contribution in [0.5, 0.6) is 0 Å². The summed E-state index contributed by atoms with van der Waals surface area (Å²) in [6, 6.07) is 15.6. The van der Waals surface area contributed by atoms with Crippen molar-refractivity contribution >= 4 is 11.6 Å². The van der Waals surface area contributed by atoms with Gasteiger partial charge in [0.1, 0.15) is 0 Å². The molecule has 3 aliphatic rings. The molecule has 3 heteroatoms. The summed E-state index contributed by atoms with van der Waals surface area (Å²) in [6.07, 6.45) is 11.7. The van der Waals surface area contributed by atoms with Crippen LogP contribution in [0.25, 0.3) is 0 Å². The molecule has 1 aliphatic heterocycles. The van der Waals surface area contributed by atoms with E-state index < -0.39 is 0 Å². The molecule has 2 N–H and O–H groups in total. The van der Waals surface area contributed by atoms with Crippen molar-refractivity contribution in [3.63, 3.8) is 0 Å². The van der Waals surface area contributed by atoms with E-state index in [0.29, 0.717) is 17.9 Å². The summed E-state index contributed by atoms with van der Waals surface area (Å²) in [5, 5.41) is 7.11. The summed E-state index contributed by atoms with van der Waals surface area (Å²) >= 11 is 0. The number of anilines is 1. The van der Waals surface area contributed by atoms with E-state index in [-0.39, 0.29) is 11.9 Å². The van der Waals surface area contributed by atoms with E-state index in [1.807, 2.05) is 12.1 Å². The molecule has 3 unspecified atom stereocenters. The maximum Gasteiger partial charge on any atom is 0.253 e. The van der Waals surface area contributed by atoms with E-state index >= 15 is 0 Å². The second-order valence-electron chi connectivity index (χ2n) is 8.97. The number of fused-ring (bicyclic) bond motifs is 3. The fourth-order valence-corrected chi connectivity index (χ4v) is 5.51. The van der Waals surface area contributed by atoms with Crippen molar-refractivity contribution < 1.29 is 4.79 Å². The van der Waals surface area contributed by atoms with Crippen molar-refractivity contribution in [1.82, 2.24) is 5.32 Å². The van der Waals surface area contributed by atoms with Gasteiger partial charge in [0.25, 0.3) is 5.91 Å². The highest BCUT2D eigenvalue weighted by atomic mass is 16.1. The predicted molar refractivity (Wildman–Crippen MR) is 118 cm³/mol. The van der Waals surface area contributed by atoms with Crippen molar-refractivity contribution in [1.29, 1.82) is 0 Å². The third kappa shape index (κ3) is 3.48. The second-order valence-corrected chi connectivity index (χ2v) is 8.97. The van der Waals surface area contributed by atoms with Gasteiger partial charge < -0.3 is 10.6 Å². The third-order valence-electron chi connectivity index (χ3n) is 6.98. The fraction of sp³-hybridized carbons (Fsp3) is 0.423. The molecule has 150 valence electrons. The molecule has 1 fully saturated rings. The molecule has 29 heavy (non-hydrogen) atoms. The summed E-state index contributed by atoms with van der Waals surface area (Å²) in [4.78, 5) is 13.2. The van der Waals surface area contributed by atoms with Gasteiger partial charge in [0.05, 0.1) is 17.3 Å². The van der Waals surface area contributed by atoms with Gasteiger partial charge in [-0.2, -0.15) is 0 Å². The highest BCUT2D eigenvalue weighted by Gasteiger charge is 2.39. The van der Waals surface area contributed by atoms with E-state index in [2.05, 4.69) is 60.0 Å². The molecule has 0 spiro atoms. The average Bonchev–Trinajstić information content (AvgIpc) is 3.23. The van der Waals surface area contributed by atoms with Crippen LogP contribution in [0.2, 0.25) is 0 Å². The van der Waals surface area contributed by atoms with Crippen LogP contribution in [0.15, 0.2) is 54.6 Å². The van der Waals surface area contributed by atoms with E-state index in [4.69, 9.17) is 0 Å². The normalized spacial score (nSPS) is 25.8. The summed E-state index contributed by atoms with van der Waals surface area (Å²) < 4.78 is 0. The first-order chi connectivity index (χ1) is 14.2. The number of allylic oxidation sites excluding steroid dienone is 2. The van der Waals surface area contributed by atoms with Crippen LogP contribution in [-0.4, -0.2) is 11.9 Å². The van der Waals surface area contributed by atoms with Crippen molar-refractivity contribution in [3.05, 3.63) is 76.9 Å². The van der Waals surface area contributed by atoms with E-state index in [0.717, 1.165) is 30.5 Å². The number of aryl methyl sites for hydroxylation is 1. The Balaban J connectivity index is 1.49. The van der Waals surface area contributed by atoms with Gasteiger partial charge in [-0.3, -0.25) is 4.79 Å². The largest absolute Gasteiger partial charge is 0.377 e. The number of amides is 1. The Morgan fingerprint density at radius 1 is 1.07 bits per heavy atom. The number of para-hydroxylation sites is 1. The topological polar surface area (TPSA) is 41.1 Å². The number of rotatable bonds is 3. The van der Waals surface area contributed by atoms with Gasteiger partial charge in [0, 0.05) is 12.0 Å². The lowest BCUT2D eigenvalue weighted by Crippen LogP contribution is -2.37. The molecule has 0 radical (unpaired) electrons. The standard InChI is InChI=1S/C26H30N2O/c1-17-8-5-9-18(16-17)24-21-13-6-12-20(21)22-14-7-15-23(25(22)28-24)26(29)27-19-10-3-2-4-11-19/h5-9,12,14-16,19-21,24,28H,2-4,10-11,13H2,1H3,(H,27,29). The molecule has 1 saturated carbocycles. The number of carbonyl (C=O) groups is 1. The Labute approximate surface area is 173 Å². The van der Waals surface area contributed by atoms with Gasteiger partial charge in [-0.25, -0.2) is 0 Å². The number of hydrogen-bond acceptors (Lipinski definition) is 2. The molecule has 2 aromatic rings. The van der Waals surface area contributed by atoms with Crippen LogP contribution in [0.1, 0.15) is 77.5 Å². The minimum atomic E-state index is 0.0738. The maximum absolute atomic E-state index is 13.2. The van der Waals surface area contributed by atoms with Crippen LogP contribution in [0.4, 0.5) is 5.69 Å². The van der Waals surface area contributed by atoms with Gasteiger partial charge in [0.2, 0.25) is 0 Å². The Bertz CT molecular complexity index is 941. The van der Waals surface area contributed by atoms with Gasteiger partial charge in [-0.05, 0) is 49.3 Å². The molecule has 1 amide bonds. The molecule has 3 atom stereocenters. The minimum absolute atomic E-state index is 0.0738. The quantitative estimate of drug-likeness (QED) is 0.646. The fourth-order valence-electron chi connectivity index (χ4n) is 5.51. The zero-order chi connectivity index (χ0) is 19.8. The van der Waals surface area contributed by atoms with Crippen LogP contribution in [-0.2, 0) is 0 Å². The molecule has 0 bridgehead atoms. The van der Waals surface area contributed by atoms with Crippen LogP contribution >= 0.6 is 0 Å². The van der Waals surface area contributed by atoms with E-state index in [9.17, 15) is 4.79 Å². The Morgan fingerprint density at radius 3 is 2.72 bits per heavy atom. The number of benzene rings is 2. The number of hydrogen-bond donors (Lipinski definition) is 2. The third-order valence-corrected chi connectivity index (χ3v) is 6.98. The van der Waals surface area contributed by atoms with Crippen molar-refractivity contribution in [2.75, 3.05) is 5.32 Å². The van der Waals surface area contributed by atoms with Gasteiger partial charge in [-0.1, -0.05) is 73.4 Å². The minimum Gasteiger partial charge on any atom is -0.377 e. The van der Waals surface area contributed by atoms with Crippen LogP contribution < -0.4 is 10.6 Å². The lowest BCUT2D eigenvalue weighted by Gasteiger charge is -2.38. The number of nitrogens with one attached hydrogen (secondary N) is 2. The lowest BCUT2D eigenvalue weighted by molar-refractivity contribution is 0.0928. The Kier molecular flexibility index (Phi) is 4.91. The molecule has 1 heterocycles. The lowest BCUT2D eigenvalue weighted by atomic mass is 9.76. The summed E-state index contributed by atoms with van der Waals surface area (Å²) in [7, 11) is 0. The molecule has 3 nitrogen and oxygen atoms in total. The first-order valence-electron chi connectivity index (χ1n) is 11.1. The molecular formula is C26H30N2O. The van der Waals surface area contributed by atoms with E-state index in [1.165, 1.54) is 36.0 Å². The van der Waals surface area contributed by atoms with Crippen molar-refractivity contribution in [3.8, 4) is 0 Å².